The van der Waals surface area contributed by atoms with E-state index in [9.17, 15) is 29.1 Å². The molecule has 0 heterocycles. The maximum absolute atomic E-state index is 15.0. The van der Waals surface area contributed by atoms with Crippen LogP contribution in [-0.4, -0.2) is 70.1 Å². The number of ether oxygens (including phenoxy) is 4. The van der Waals surface area contributed by atoms with Crippen LogP contribution in [0.2, 0.25) is 0 Å². The van der Waals surface area contributed by atoms with Gasteiger partial charge in [-0.25, -0.2) is 0 Å². The molecule has 0 saturated heterocycles. The number of carbonyl (C=O) groups excluding carboxylic acids is 6. The van der Waals surface area contributed by atoms with E-state index in [0.717, 1.165) is 5.57 Å². The van der Waals surface area contributed by atoms with Gasteiger partial charge in [-0.2, -0.15) is 0 Å². The molecule has 4 rings (SSSR count). The molecular formula is C41H62O11. The second-order valence-corrected chi connectivity index (χ2v) is 17.8. The lowest BCUT2D eigenvalue weighted by atomic mass is 9.38. The number of hydrogen-bond acceptors (Lipinski definition) is 11. The Bertz CT molecular complexity index is 1510. The fourth-order valence-corrected chi connectivity index (χ4v) is 10.9. The van der Waals surface area contributed by atoms with Crippen LogP contribution < -0.4 is 0 Å². The highest BCUT2D eigenvalue weighted by Gasteiger charge is 2.75. The standard InChI is InChI=1S/C41H62O11/c1-13-31(45)49-26-20-25-24(37(7,8)35(26)51-33(47)15-3)16-17-28-38(9)21-27(50-32(46)14-2)34(39(38,10)22-30(44)40(25,28)11)41(12,48)29(43)18-19-36(5,6)52-23(4)42/h16,25-28,34-35,48H,13-15,17-22H2,1-12H3/t25-,26+,27-,28+,34+,35-,38+,39-,40+,41+/m1/s1. The number of fused-ring (bicyclic) bond motifs is 5. The molecule has 0 amide bonds. The van der Waals surface area contributed by atoms with Gasteiger partial charge in [-0.05, 0) is 69.1 Å². The summed E-state index contributed by atoms with van der Waals surface area (Å²) in [5.41, 5.74) is -5.28. The Hall–Kier alpha value is -3.08. The van der Waals surface area contributed by atoms with Gasteiger partial charge in [0.2, 0.25) is 0 Å². The van der Waals surface area contributed by atoms with Gasteiger partial charge in [0.25, 0.3) is 0 Å². The minimum Gasteiger partial charge on any atom is -0.462 e. The summed E-state index contributed by atoms with van der Waals surface area (Å²) in [6.45, 7) is 21.3. The van der Waals surface area contributed by atoms with E-state index in [0.29, 0.717) is 19.3 Å². The molecule has 4 aliphatic rings. The molecular weight excluding hydrogens is 668 g/mol. The lowest BCUT2D eigenvalue weighted by Crippen LogP contribution is -2.66. The zero-order valence-electron chi connectivity index (χ0n) is 33.4. The van der Waals surface area contributed by atoms with Gasteiger partial charge in [-0.1, -0.05) is 67.0 Å². The number of carbonyl (C=O) groups is 6. The molecule has 11 heteroatoms. The molecule has 0 aromatic rings. The first kappa shape index (κ1) is 41.7. The van der Waals surface area contributed by atoms with Crippen LogP contribution in [0.4, 0.5) is 0 Å². The summed E-state index contributed by atoms with van der Waals surface area (Å²) in [5.74, 6) is -3.78. The topological polar surface area (TPSA) is 160 Å². The van der Waals surface area contributed by atoms with Gasteiger partial charge >= 0.3 is 23.9 Å². The van der Waals surface area contributed by atoms with E-state index in [1.54, 1.807) is 34.6 Å². The molecule has 3 saturated carbocycles. The molecule has 4 aliphatic carbocycles. The van der Waals surface area contributed by atoms with Crippen LogP contribution in [0.5, 0.6) is 0 Å². The fraction of sp³-hybridized carbons (Fsp3) is 0.805. The van der Waals surface area contributed by atoms with Crippen molar-refractivity contribution >= 4 is 35.4 Å². The summed E-state index contributed by atoms with van der Waals surface area (Å²) in [6, 6.07) is 0. The molecule has 1 N–H and O–H groups in total. The second kappa shape index (κ2) is 14.3. The van der Waals surface area contributed by atoms with Crippen molar-refractivity contribution < 1.29 is 52.8 Å². The predicted molar refractivity (Wildman–Crippen MR) is 191 cm³/mol. The number of allylic oxidation sites excluding steroid dienone is 1. The number of Topliss-reactive ketones (excluding diaryl/α,β-unsaturated/α-hetero) is 2. The summed E-state index contributed by atoms with van der Waals surface area (Å²) in [4.78, 5) is 79.1. The second-order valence-electron chi connectivity index (χ2n) is 17.8. The number of hydrogen-bond donors (Lipinski definition) is 1. The van der Waals surface area contributed by atoms with Crippen LogP contribution in [0.15, 0.2) is 11.6 Å². The maximum Gasteiger partial charge on any atom is 0.305 e. The van der Waals surface area contributed by atoms with Crippen LogP contribution in [-0.2, 0) is 47.7 Å². The van der Waals surface area contributed by atoms with Gasteiger partial charge in [-0.15, -0.1) is 0 Å². The zero-order valence-corrected chi connectivity index (χ0v) is 33.4. The molecule has 11 nitrogen and oxygen atoms in total. The summed E-state index contributed by atoms with van der Waals surface area (Å²) in [5, 5.41) is 12.3. The van der Waals surface area contributed by atoms with Gasteiger partial charge in [0.1, 0.15) is 35.3 Å². The molecule has 0 aromatic carbocycles. The maximum atomic E-state index is 15.0. The van der Waals surface area contributed by atoms with Crippen LogP contribution in [0.1, 0.15) is 141 Å². The highest BCUT2D eigenvalue weighted by molar-refractivity contribution is 5.90. The van der Waals surface area contributed by atoms with Gasteiger partial charge < -0.3 is 24.1 Å². The Morgan fingerprint density at radius 2 is 1.38 bits per heavy atom. The molecule has 52 heavy (non-hydrogen) atoms. The number of aliphatic hydroxyl groups is 1. The van der Waals surface area contributed by atoms with Crippen molar-refractivity contribution in [2.75, 3.05) is 0 Å². The molecule has 0 aliphatic heterocycles. The lowest BCUT2D eigenvalue weighted by molar-refractivity contribution is -0.198. The van der Waals surface area contributed by atoms with E-state index in [4.69, 9.17) is 18.9 Å². The Kier molecular flexibility index (Phi) is 11.5. The smallest absolute Gasteiger partial charge is 0.305 e. The molecule has 0 aromatic heterocycles. The molecule has 10 atom stereocenters. The van der Waals surface area contributed by atoms with Crippen molar-refractivity contribution in [1.29, 1.82) is 0 Å². The largest absolute Gasteiger partial charge is 0.462 e. The van der Waals surface area contributed by atoms with Crippen molar-refractivity contribution in [3.63, 3.8) is 0 Å². The van der Waals surface area contributed by atoms with Crippen LogP contribution in [0.3, 0.4) is 0 Å². The number of ketones is 2. The highest BCUT2D eigenvalue weighted by Crippen LogP contribution is 2.74. The fourth-order valence-electron chi connectivity index (χ4n) is 10.9. The molecule has 3 fully saturated rings. The Balaban J connectivity index is 1.81. The van der Waals surface area contributed by atoms with E-state index < -0.39 is 86.8 Å². The van der Waals surface area contributed by atoms with E-state index in [2.05, 4.69) is 13.0 Å². The first-order valence-corrected chi connectivity index (χ1v) is 19.1. The van der Waals surface area contributed by atoms with E-state index in [-0.39, 0.29) is 56.1 Å². The van der Waals surface area contributed by atoms with Gasteiger partial charge in [-0.3, -0.25) is 28.8 Å². The molecule has 0 bridgehead atoms. The van der Waals surface area contributed by atoms with Crippen LogP contribution in [0, 0.1) is 39.4 Å². The quantitative estimate of drug-likeness (QED) is 0.135. The first-order chi connectivity index (χ1) is 23.9. The summed E-state index contributed by atoms with van der Waals surface area (Å²) in [6.07, 6.45) is 1.46. The molecule has 0 spiro atoms. The number of rotatable bonds is 12. The third-order valence-corrected chi connectivity index (χ3v) is 13.8. The Labute approximate surface area is 309 Å². The summed E-state index contributed by atoms with van der Waals surface area (Å²) >= 11 is 0. The average molecular weight is 731 g/mol. The van der Waals surface area contributed by atoms with Gasteiger partial charge in [0.15, 0.2) is 5.78 Å². The van der Waals surface area contributed by atoms with Crippen molar-refractivity contribution in [1.82, 2.24) is 0 Å². The third-order valence-electron chi connectivity index (χ3n) is 13.8. The lowest BCUT2D eigenvalue weighted by Gasteiger charge is -2.65. The zero-order chi connectivity index (χ0) is 39.4. The monoisotopic (exact) mass is 730 g/mol. The molecule has 0 unspecified atom stereocenters. The SMILES string of the molecule is CCC(=O)O[C@H]1C[C@@H]2C(=CC[C@@H]3[C@@]2(C)C(=O)C[C@]2(C)[C@@H]([C@@](C)(O)C(=O)CCC(C)(C)OC(C)=O)[C@H](OC(=O)CC)C[C@@]32C)C(C)(C)[C@@H]1OC(=O)CC. The van der Waals surface area contributed by atoms with Crippen LogP contribution >= 0.6 is 0 Å². The molecule has 0 radical (unpaired) electrons. The van der Waals surface area contributed by atoms with E-state index in [1.807, 2.05) is 27.7 Å². The van der Waals surface area contributed by atoms with Gasteiger partial charge in [0, 0.05) is 55.8 Å². The normalized spacial score (nSPS) is 36.2. The van der Waals surface area contributed by atoms with E-state index >= 15 is 4.79 Å². The van der Waals surface area contributed by atoms with Crippen molar-refractivity contribution in [2.45, 2.75) is 170 Å². The average Bonchev–Trinajstić information content (AvgIpc) is 3.26. The highest BCUT2D eigenvalue weighted by atomic mass is 16.6. The first-order valence-electron chi connectivity index (χ1n) is 19.1. The summed E-state index contributed by atoms with van der Waals surface area (Å²) in [7, 11) is 0. The minimum absolute atomic E-state index is 0.0276. The van der Waals surface area contributed by atoms with E-state index in [1.165, 1.54) is 13.8 Å². The van der Waals surface area contributed by atoms with Crippen LogP contribution in [0.25, 0.3) is 0 Å². The van der Waals surface area contributed by atoms with Crippen molar-refractivity contribution in [3.8, 4) is 0 Å². The minimum atomic E-state index is -1.98. The van der Waals surface area contributed by atoms with Crippen molar-refractivity contribution in [2.24, 2.45) is 39.4 Å². The Morgan fingerprint density at radius 3 is 1.92 bits per heavy atom. The predicted octanol–water partition coefficient (Wildman–Crippen LogP) is 6.40. The van der Waals surface area contributed by atoms with Crippen molar-refractivity contribution in [3.05, 3.63) is 11.6 Å². The number of esters is 4. The summed E-state index contributed by atoms with van der Waals surface area (Å²) < 4.78 is 23.5. The third kappa shape index (κ3) is 6.88. The van der Waals surface area contributed by atoms with Gasteiger partial charge in [0.05, 0.1) is 0 Å². The Morgan fingerprint density at radius 1 is 0.846 bits per heavy atom. The molecule has 292 valence electrons.